The average molecular weight is 255 g/mol. The second-order valence-electron chi connectivity index (χ2n) is 4.88. The molecule has 0 atom stereocenters. The highest BCUT2D eigenvalue weighted by molar-refractivity contribution is 6.29. The van der Waals surface area contributed by atoms with Gasteiger partial charge in [-0.1, -0.05) is 36.9 Å². The summed E-state index contributed by atoms with van der Waals surface area (Å²) in [6, 6.07) is 3.74. The standard InChI is InChI=1S/C13H19ClN2O/c14-12-5-4-11(9-16-12)8-15-10-13(17)6-2-1-3-7-13/h4-5,9,15,17H,1-3,6-8,10H2. The summed E-state index contributed by atoms with van der Waals surface area (Å²) in [6.07, 6.45) is 7.13. The number of hydrogen-bond donors (Lipinski definition) is 2. The van der Waals surface area contributed by atoms with Crippen molar-refractivity contribution >= 4 is 11.6 Å². The molecule has 1 aromatic heterocycles. The van der Waals surface area contributed by atoms with Crippen molar-refractivity contribution in [1.82, 2.24) is 10.3 Å². The zero-order chi connectivity index (χ0) is 12.1. The Kier molecular flexibility index (Phi) is 4.37. The van der Waals surface area contributed by atoms with Crippen molar-refractivity contribution in [3.8, 4) is 0 Å². The van der Waals surface area contributed by atoms with Crippen LogP contribution in [0.15, 0.2) is 18.3 Å². The summed E-state index contributed by atoms with van der Waals surface area (Å²) in [4.78, 5) is 4.02. The third-order valence-corrected chi connectivity index (χ3v) is 3.58. The first-order chi connectivity index (χ1) is 8.18. The molecule has 1 aliphatic rings. The van der Waals surface area contributed by atoms with Gasteiger partial charge in [0.1, 0.15) is 5.15 Å². The van der Waals surface area contributed by atoms with Gasteiger partial charge in [0, 0.05) is 19.3 Å². The van der Waals surface area contributed by atoms with Gasteiger partial charge in [0.25, 0.3) is 0 Å². The highest BCUT2D eigenvalue weighted by atomic mass is 35.5. The molecule has 0 amide bonds. The fourth-order valence-corrected chi connectivity index (χ4v) is 2.45. The maximum atomic E-state index is 10.3. The van der Waals surface area contributed by atoms with E-state index in [0.29, 0.717) is 11.7 Å². The van der Waals surface area contributed by atoms with Crippen molar-refractivity contribution in [1.29, 1.82) is 0 Å². The summed E-state index contributed by atoms with van der Waals surface area (Å²) >= 11 is 5.72. The van der Waals surface area contributed by atoms with Crippen LogP contribution >= 0.6 is 11.6 Å². The number of nitrogens with one attached hydrogen (secondary N) is 1. The van der Waals surface area contributed by atoms with E-state index in [2.05, 4.69) is 10.3 Å². The summed E-state index contributed by atoms with van der Waals surface area (Å²) in [5, 5.41) is 14.1. The lowest BCUT2D eigenvalue weighted by molar-refractivity contribution is 0.00467. The number of rotatable bonds is 4. The van der Waals surface area contributed by atoms with E-state index in [0.717, 1.165) is 37.8 Å². The van der Waals surface area contributed by atoms with Gasteiger partial charge in [-0.25, -0.2) is 4.98 Å². The molecule has 0 saturated heterocycles. The third-order valence-electron chi connectivity index (χ3n) is 3.36. The Hall–Kier alpha value is -0.640. The van der Waals surface area contributed by atoms with E-state index in [1.807, 2.05) is 6.07 Å². The molecule has 4 heteroatoms. The lowest BCUT2D eigenvalue weighted by atomic mass is 9.85. The quantitative estimate of drug-likeness (QED) is 0.812. The first-order valence-electron chi connectivity index (χ1n) is 6.22. The van der Waals surface area contributed by atoms with Crippen molar-refractivity contribution in [2.24, 2.45) is 0 Å². The molecule has 1 saturated carbocycles. The molecule has 2 N–H and O–H groups in total. The Bertz CT molecular complexity index is 347. The minimum atomic E-state index is -0.502. The molecule has 0 aromatic carbocycles. The number of halogens is 1. The van der Waals surface area contributed by atoms with E-state index in [1.165, 1.54) is 6.42 Å². The van der Waals surface area contributed by atoms with Crippen LogP contribution in [0.2, 0.25) is 5.15 Å². The molecule has 1 aromatic rings. The molecule has 1 fully saturated rings. The molecule has 3 nitrogen and oxygen atoms in total. The Morgan fingerprint density at radius 2 is 2.06 bits per heavy atom. The molecular formula is C13H19ClN2O. The largest absolute Gasteiger partial charge is 0.389 e. The van der Waals surface area contributed by atoms with Gasteiger partial charge in [-0.15, -0.1) is 0 Å². The van der Waals surface area contributed by atoms with Gasteiger partial charge in [-0.3, -0.25) is 0 Å². The number of hydrogen-bond acceptors (Lipinski definition) is 3. The summed E-state index contributed by atoms with van der Waals surface area (Å²) < 4.78 is 0. The van der Waals surface area contributed by atoms with Crippen molar-refractivity contribution in [3.05, 3.63) is 29.0 Å². The monoisotopic (exact) mass is 254 g/mol. The van der Waals surface area contributed by atoms with Crippen LogP contribution in [0.4, 0.5) is 0 Å². The number of aliphatic hydroxyl groups is 1. The van der Waals surface area contributed by atoms with Crippen molar-refractivity contribution in [2.75, 3.05) is 6.54 Å². The second-order valence-corrected chi connectivity index (χ2v) is 5.26. The van der Waals surface area contributed by atoms with Gasteiger partial charge in [-0.05, 0) is 24.5 Å². The molecule has 1 aliphatic carbocycles. The van der Waals surface area contributed by atoms with E-state index in [-0.39, 0.29) is 0 Å². The zero-order valence-corrected chi connectivity index (χ0v) is 10.7. The molecule has 2 rings (SSSR count). The SMILES string of the molecule is OC1(CNCc2ccc(Cl)nc2)CCCCC1. The van der Waals surface area contributed by atoms with Crippen LogP contribution in [0.1, 0.15) is 37.7 Å². The fraction of sp³-hybridized carbons (Fsp3) is 0.615. The van der Waals surface area contributed by atoms with Gasteiger partial charge < -0.3 is 10.4 Å². The first-order valence-corrected chi connectivity index (χ1v) is 6.59. The summed E-state index contributed by atoms with van der Waals surface area (Å²) in [6.45, 7) is 1.39. The predicted molar refractivity (Wildman–Crippen MR) is 69.0 cm³/mol. The lowest BCUT2D eigenvalue weighted by Crippen LogP contribution is -2.41. The van der Waals surface area contributed by atoms with Gasteiger partial charge >= 0.3 is 0 Å². The van der Waals surface area contributed by atoms with Gasteiger partial charge in [0.15, 0.2) is 0 Å². The predicted octanol–water partition coefficient (Wildman–Crippen LogP) is 2.52. The smallest absolute Gasteiger partial charge is 0.129 e. The normalized spacial score (nSPS) is 19.2. The van der Waals surface area contributed by atoms with Crippen LogP contribution in [-0.4, -0.2) is 22.2 Å². The number of aromatic nitrogens is 1. The van der Waals surface area contributed by atoms with E-state index >= 15 is 0 Å². The Balaban J connectivity index is 1.77. The van der Waals surface area contributed by atoms with E-state index in [1.54, 1.807) is 12.3 Å². The highest BCUT2D eigenvalue weighted by Gasteiger charge is 2.28. The minimum Gasteiger partial charge on any atom is -0.389 e. The summed E-state index contributed by atoms with van der Waals surface area (Å²) in [7, 11) is 0. The highest BCUT2D eigenvalue weighted by Crippen LogP contribution is 2.27. The molecule has 0 bridgehead atoms. The van der Waals surface area contributed by atoms with E-state index in [9.17, 15) is 5.11 Å². The maximum absolute atomic E-state index is 10.3. The number of pyridine rings is 1. The molecular weight excluding hydrogens is 236 g/mol. The lowest BCUT2D eigenvalue weighted by Gasteiger charge is -2.32. The minimum absolute atomic E-state index is 0.502. The van der Waals surface area contributed by atoms with Crippen LogP contribution in [-0.2, 0) is 6.54 Å². The van der Waals surface area contributed by atoms with Crippen LogP contribution < -0.4 is 5.32 Å². The van der Waals surface area contributed by atoms with Crippen LogP contribution in [0.3, 0.4) is 0 Å². The Morgan fingerprint density at radius 3 is 2.71 bits per heavy atom. The summed E-state index contributed by atoms with van der Waals surface area (Å²) in [5.74, 6) is 0. The average Bonchev–Trinajstić information content (AvgIpc) is 2.32. The number of nitrogens with zero attached hydrogens (tertiary/aromatic N) is 1. The maximum Gasteiger partial charge on any atom is 0.129 e. The molecule has 0 aliphatic heterocycles. The fourth-order valence-electron chi connectivity index (χ4n) is 2.34. The first kappa shape index (κ1) is 12.8. The topological polar surface area (TPSA) is 45.1 Å². The Labute approximate surface area is 107 Å². The van der Waals surface area contributed by atoms with Crippen molar-refractivity contribution in [3.63, 3.8) is 0 Å². The Morgan fingerprint density at radius 1 is 1.29 bits per heavy atom. The molecule has 0 radical (unpaired) electrons. The molecule has 0 spiro atoms. The van der Waals surface area contributed by atoms with Gasteiger partial charge in [0.05, 0.1) is 5.60 Å². The zero-order valence-electron chi connectivity index (χ0n) is 9.95. The van der Waals surface area contributed by atoms with E-state index < -0.39 is 5.60 Å². The van der Waals surface area contributed by atoms with Crippen LogP contribution in [0.5, 0.6) is 0 Å². The third kappa shape index (κ3) is 3.95. The van der Waals surface area contributed by atoms with E-state index in [4.69, 9.17) is 11.6 Å². The molecule has 0 unspecified atom stereocenters. The second kappa shape index (κ2) is 5.80. The molecule has 94 valence electrons. The van der Waals surface area contributed by atoms with Crippen LogP contribution in [0.25, 0.3) is 0 Å². The van der Waals surface area contributed by atoms with Crippen LogP contribution in [0, 0.1) is 0 Å². The van der Waals surface area contributed by atoms with Crippen molar-refractivity contribution < 1.29 is 5.11 Å². The van der Waals surface area contributed by atoms with Crippen molar-refractivity contribution in [2.45, 2.75) is 44.2 Å². The van der Waals surface area contributed by atoms with Gasteiger partial charge in [0.2, 0.25) is 0 Å². The molecule has 17 heavy (non-hydrogen) atoms. The molecule has 1 heterocycles. The van der Waals surface area contributed by atoms with Gasteiger partial charge in [-0.2, -0.15) is 0 Å². The summed E-state index contributed by atoms with van der Waals surface area (Å²) in [5.41, 5.74) is 0.590.